The fraction of sp³-hybridized carbons (Fsp3) is 0.222. The van der Waals surface area contributed by atoms with E-state index in [4.69, 9.17) is 11.6 Å². The standard InChI is InChI=1S/C27H24ClNO5/c28-20-12-10-19(11-13-20)18-8-5-17(6-9-18)7-14-24(30)23(27(33)34)15-16-29-25(31)21-3-1-2-4-22(21)26(29)32/h1-6,8-13,23-24,30H,7,14-16H2,(H,33,34)/t23-,24-/m0/s1. The summed E-state index contributed by atoms with van der Waals surface area (Å²) in [6.07, 6.45) is -0.376. The highest BCUT2D eigenvalue weighted by atomic mass is 35.5. The number of aliphatic hydroxyl groups is 1. The summed E-state index contributed by atoms with van der Waals surface area (Å²) in [5.41, 5.74) is 3.69. The molecule has 34 heavy (non-hydrogen) atoms. The number of amides is 2. The Bertz CT molecular complexity index is 1170. The van der Waals surface area contributed by atoms with Crippen molar-refractivity contribution >= 4 is 29.4 Å². The molecule has 3 aromatic rings. The van der Waals surface area contributed by atoms with Crippen LogP contribution >= 0.6 is 11.6 Å². The van der Waals surface area contributed by atoms with Crippen LogP contribution in [0.4, 0.5) is 0 Å². The minimum atomic E-state index is -1.15. The Kier molecular flexibility index (Phi) is 7.10. The van der Waals surface area contributed by atoms with Gasteiger partial charge in [-0.3, -0.25) is 19.3 Å². The van der Waals surface area contributed by atoms with Gasteiger partial charge in [-0.15, -0.1) is 0 Å². The molecule has 3 aromatic carbocycles. The maximum Gasteiger partial charge on any atom is 0.309 e. The molecule has 0 fully saturated rings. The predicted octanol–water partition coefficient (Wildman–Crippen LogP) is 4.69. The average Bonchev–Trinajstić information content (AvgIpc) is 3.08. The second-order valence-electron chi connectivity index (χ2n) is 8.35. The summed E-state index contributed by atoms with van der Waals surface area (Å²) in [4.78, 5) is 37.9. The van der Waals surface area contributed by atoms with Gasteiger partial charge in [0.25, 0.3) is 11.8 Å². The number of aliphatic hydroxyl groups excluding tert-OH is 1. The van der Waals surface area contributed by atoms with Gasteiger partial charge in [0.1, 0.15) is 0 Å². The van der Waals surface area contributed by atoms with E-state index in [9.17, 15) is 24.6 Å². The molecule has 0 saturated carbocycles. The van der Waals surface area contributed by atoms with Crippen LogP contribution < -0.4 is 0 Å². The number of fused-ring (bicyclic) bond motifs is 1. The number of nitrogens with zero attached hydrogens (tertiary/aromatic N) is 1. The highest BCUT2D eigenvalue weighted by Gasteiger charge is 2.36. The summed E-state index contributed by atoms with van der Waals surface area (Å²) in [5.74, 6) is -3.10. The number of carboxylic acids is 1. The summed E-state index contributed by atoms with van der Waals surface area (Å²) in [7, 11) is 0. The zero-order valence-corrected chi connectivity index (χ0v) is 19.1. The molecule has 2 amide bonds. The molecule has 174 valence electrons. The van der Waals surface area contributed by atoms with Gasteiger partial charge in [0.05, 0.1) is 23.1 Å². The minimum Gasteiger partial charge on any atom is -0.481 e. The van der Waals surface area contributed by atoms with Crippen LogP contribution in [0.5, 0.6) is 0 Å². The van der Waals surface area contributed by atoms with Gasteiger partial charge in [-0.2, -0.15) is 0 Å². The van der Waals surface area contributed by atoms with Crippen molar-refractivity contribution in [3.05, 3.63) is 94.5 Å². The molecule has 0 bridgehead atoms. The second kappa shape index (κ2) is 10.2. The number of benzene rings is 3. The van der Waals surface area contributed by atoms with Gasteiger partial charge in [-0.1, -0.05) is 60.1 Å². The molecular weight excluding hydrogens is 454 g/mol. The molecule has 2 N–H and O–H groups in total. The fourth-order valence-electron chi connectivity index (χ4n) is 4.21. The highest BCUT2D eigenvalue weighted by molar-refractivity contribution is 6.30. The van der Waals surface area contributed by atoms with Crippen LogP contribution in [-0.4, -0.2) is 45.5 Å². The third-order valence-corrected chi connectivity index (χ3v) is 6.44. The SMILES string of the molecule is O=C(O)[C@@H](CCN1C(=O)c2ccccc2C1=O)[C@@H](O)CCc1ccc(-c2ccc(Cl)cc2)cc1. The predicted molar refractivity (Wildman–Crippen MR) is 129 cm³/mol. The first kappa shape index (κ1) is 23.7. The van der Waals surface area contributed by atoms with E-state index in [-0.39, 0.29) is 19.4 Å². The van der Waals surface area contributed by atoms with Crippen molar-refractivity contribution in [3.63, 3.8) is 0 Å². The van der Waals surface area contributed by atoms with Crippen LogP contribution in [0.2, 0.25) is 5.02 Å². The number of carboxylic acid groups (broad SMARTS) is 1. The van der Waals surface area contributed by atoms with Gasteiger partial charge < -0.3 is 10.2 Å². The Morgan fingerprint density at radius 2 is 1.35 bits per heavy atom. The monoisotopic (exact) mass is 477 g/mol. The largest absolute Gasteiger partial charge is 0.481 e. The number of carbonyl (C=O) groups is 3. The van der Waals surface area contributed by atoms with Gasteiger partial charge >= 0.3 is 5.97 Å². The van der Waals surface area contributed by atoms with E-state index in [1.54, 1.807) is 24.3 Å². The van der Waals surface area contributed by atoms with E-state index in [1.165, 1.54) is 0 Å². The van der Waals surface area contributed by atoms with E-state index in [1.807, 2.05) is 48.5 Å². The van der Waals surface area contributed by atoms with Crippen molar-refractivity contribution in [1.29, 1.82) is 0 Å². The number of halogens is 1. The average molecular weight is 478 g/mol. The Morgan fingerprint density at radius 1 is 0.824 bits per heavy atom. The van der Waals surface area contributed by atoms with Gasteiger partial charge in [-0.05, 0) is 60.2 Å². The molecule has 2 atom stereocenters. The topological polar surface area (TPSA) is 94.9 Å². The maximum atomic E-state index is 12.5. The van der Waals surface area contributed by atoms with Gasteiger partial charge in [-0.25, -0.2) is 0 Å². The summed E-state index contributed by atoms with van der Waals surface area (Å²) in [6.45, 7) is -0.0594. The van der Waals surface area contributed by atoms with Crippen molar-refractivity contribution < 1.29 is 24.6 Å². The van der Waals surface area contributed by atoms with E-state index in [2.05, 4.69) is 0 Å². The molecule has 0 spiro atoms. The molecule has 7 heteroatoms. The van der Waals surface area contributed by atoms with Crippen LogP contribution in [-0.2, 0) is 11.2 Å². The Morgan fingerprint density at radius 3 is 1.88 bits per heavy atom. The number of imide groups is 1. The highest BCUT2D eigenvalue weighted by Crippen LogP contribution is 2.25. The first-order valence-electron chi connectivity index (χ1n) is 11.1. The van der Waals surface area contributed by atoms with Gasteiger partial charge in [0, 0.05) is 11.6 Å². The molecule has 0 aromatic heterocycles. The van der Waals surface area contributed by atoms with Crippen LogP contribution in [0, 0.1) is 5.92 Å². The van der Waals surface area contributed by atoms with Gasteiger partial charge in [0.2, 0.25) is 0 Å². The first-order valence-corrected chi connectivity index (χ1v) is 11.4. The second-order valence-corrected chi connectivity index (χ2v) is 8.79. The summed E-state index contributed by atoms with van der Waals surface area (Å²) < 4.78 is 0. The molecule has 1 aliphatic heterocycles. The number of aryl methyl sites for hydroxylation is 1. The maximum absolute atomic E-state index is 12.5. The molecule has 1 aliphatic rings. The van der Waals surface area contributed by atoms with Gasteiger partial charge in [0.15, 0.2) is 0 Å². The third kappa shape index (κ3) is 5.03. The van der Waals surface area contributed by atoms with Crippen molar-refractivity contribution in [2.45, 2.75) is 25.4 Å². The molecule has 0 saturated heterocycles. The summed E-state index contributed by atoms with van der Waals surface area (Å²) >= 11 is 5.94. The quantitative estimate of drug-likeness (QED) is 0.436. The van der Waals surface area contributed by atoms with Crippen molar-refractivity contribution in [2.24, 2.45) is 5.92 Å². The molecule has 6 nitrogen and oxygen atoms in total. The number of aliphatic carboxylic acids is 1. The molecule has 1 heterocycles. The lowest BCUT2D eigenvalue weighted by atomic mass is 9.93. The Labute approximate surface area is 202 Å². The van der Waals surface area contributed by atoms with Crippen molar-refractivity contribution in [1.82, 2.24) is 4.90 Å². The molecule has 4 rings (SSSR count). The van der Waals surface area contributed by atoms with Crippen LogP contribution in [0.3, 0.4) is 0 Å². The van der Waals surface area contributed by atoms with E-state index < -0.39 is 29.8 Å². The summed E-state index contributed by atoms with van der Waals surface area (Å²) in [6, 6.07) is 21.9. The van der Waals surface area contributed by atoms with E-state index in [0.717, 1.165) is 21.6 Å². The van der Waals surface area contributed by atoms with E-state index >= 15 is 0 Å². The minimum absolute atomic E-state index is 0.0164. The van der Waals surface area contributed by atoms with Crippen LogP contribution in [0.15, 0.2) is 72.8 Å². The Balaban J connectivity index is 1.34. The molecule has 0 aliphatic carbocycles. The number of rotatable bonds is 9. The zero-order valence-electron chi connectivity index (χ0n) is 18.4. The molecule has 0 unspecified atom stereocenters. The van der Waals surface area contributed by atoms with Crippen LogP contribution in [0.1, 0.15) is 39.1 Å². The third-order valence-electron chi connectivity index (χ3n) is 6.18. The lowest BCUT2D eigenvalue weighted by Crippen LogP contribution is -2.36. The number of hydrogen-bond acceptors (Lipinski definition) is 4. The smallest absolute Gasteiger partial charge is 0.309 e. The number of hydrogen-bond donors (Lipinski definition) is 2. The van der Waals surface area contributed by atoms with Crippen LogP contribution in [0.25, 0.3) is 11.1 Å². The number of carbonyl (C=O) groups excluding carboxylic acids is 2. The lowest BCUT2D eigenvalue weighted by Gasteiger charge is -2.22. The van der Waals surface area contributed by atoms with Crippen molar-refractivity contribution in [2.75, 3.05) is 6.54 Å². The normalized spacial score (nSPS) is 14.7. The fourth-order valence-corrected chi connectivity index (χ4v) is 4.34. The molecule has 0 radical (unpaired) electrons. The van der Waals surface area contributed by atoms with E-state index in [0.29, 0.717) is 22.6 Å². The Hall–Kier alpha value is -3.48. The lowest BCUT2D eigenvalue weighted by molar-refractivity contribution is -0.146. The summed E-state index contributed by atoms with van der Waals surface area (Å²) in [5, 5.41) is 20.9. The molecular formula is C27H24ClNO5. The first-order chi connectivity index (χ1) is 16.3. The zero-order chi connectivity index (χ0) is 24.2. The van der Waals surface area contributed by atoms with Crippen molar-refractivity contribution in [3.8, 4) is 11.1 Å².